The molecule has 0 bridgehead atoms. The van der Waals surface area contributed by atoms with Gasteiger partial charge in [0.15, 0.2) is 9.84 Å². The van der Waals surface area contributed by atoms with Gasteiger partial charge in [-0.3, -0.25) is 0 Å². The maximum absolute atomic E-state index is 11.3. The van der Waals surface area contributed by atoms with Crippen molar-refractivity contribution in [3.63, 3.8) is 0 Å². The van der Waals surface area contributed by atoms with Gasteiger partial charge in [0.25, 0.3) is 0 Å². The zero-order valence-corrected chi connectivity index (χ0v) is 11.7. The molecular formula is C12H24N2O2S. The van der Waals surface area contributed by atoms with Crippen molar-refractivity contribution in [2.75, 3.05) is 37.7 Å². The van der Waals surface area contributed by atoms with Crippen molar-refractivity contribution in [3.8, 4) is 0 Å². The van der Waals surface area contributed by atoms with Crippen molar-refractivity contribution in [2.45, 2.75) is 32.7 Å². The van der Waals surface area contributed by atoms with Crippen molar-refractivity contribution in [2.24, 2.45) is 5.41 Å². The smallest absolute Gasteiger partial charge is 0.152 e. The molecule has 0 atom stereocenters. The lowest BCUT2D eigenvalue weighted by atomic mass is 9.92. The number of hydrogen-bond acceptors (Lipinski definition) is 4. The second-order valence-corrected chi connectivity index (χ2v) is 8.55. The fourth-order valence-electron chi connectivity index (χ4n) is 2.28. The number of sulfone groups is 1. The van der Waals surface area contributed by atoms with Gasteiger partial charge in [0.1, 0.15) is 0 Å². The molecule has 0 radical (unpaired) electrons. The maximum Gasteiger partial charge on any atom is 0.152 e. The SMILES string of the molecule is CC(C)(CNC1CC1)CN1CCS(=O)(=O)CC1. The first-order chi connectivity index (χ1) is 7.86. The lowest BCUT2D eigenvalue weighted by Gasteiger charge is -2.35. The third kappa shape index (κ3) is 4.56. The maximum atomic E-state index is 11.3. The minimum absolute atomic E-state index is 0.226. The molecule has 1 N–H and O–H groups in total. The van der Waals surface area contributed by atoms with E-state index in [2.05, 4.69) is 24.1 Å². The average molecular weight is 260 g/mol. The zero-order valence-electron chi connectivity index (χ0n) is 10.9. The third-order valence-corrected chi connectivity index (χ3v) is 5.14. The topological polar surface area (TPSA) is 49.4 Å². The first-order valence-electron chi connectivity index (χ1n) is 6.53. The Morgan fingerprint density at radius 3 is 2.35 bits per heavy atom. The molecule has 1 aliphatic carbocycles. The minimum Gasteiger partial charge on any atom is -0.313 e. The van der Waals surface area contributed by atoms with Crippen LogP contribution < -0.4 is 5.32 Å². The number of rotatable bonds is 5. The summed E-state index contributed by atoms with van der Waals surface area (Å²) in [6, 6.07) is 0.746. The molecule has 0 aromatic rings. The predicted molar refractivity (Wildman–Crippen MR) is 69.9 cm³/mol. The van der Waals surface area contributed by atoms with Crippen LogP contribution in [-0.2, 0) is 9.84 Å². The van der Waals surface area contributed by atoms with E-state index < -0.39 is 9.84 Å². The van der Waals surface area contributed by atoms with Crippen molar-refractivity contribution < 1.29 is 8.42 Å². The van der Waals surface area contributed by atoms with E-state index in [4.69, 9.17) is 0 Å². The highest BCUT2D eigenvalue weighted by molar-refractivity contribution is 7.91. The largest absolute Gasteiger partial charge is 0.313 e. The molecule has 1 aliphatic heterocycles. The van der Waals surface area contributed by atoms with Crippen LogP contribution in [0.15, 0.2) is 0 Å². The van der Waals surface area contributed by atoms with E-state index >= 15 is 0 Å². The molecule has 0 aromatic heterocycles. The van der Waals surface area contributed by atoms with Gasteiger partial charge in [-0.15, -0.1) is 0 Å². The highest BCUT2D eigenvalue weighted by Gasteiger charge is 2.29. The summed E-state index contributed by atoms with van der Waals surface area (Å²) in [4.78, 5) is 2.29. The molecule has 1 heterocycles. The van der Waals surface area contributed by atoms with Crippen molar-refractivity contribution in [1.29, 1.82) is 0 Å². The van der Waals surface area contributed by atoms with Crippen molar-refractivity contribution in [3.05, 3.63) is 0 Å². The molecule has 1 saturated carbocycles. The molecule has 17 heavy (non-hydrogen) atoms. The van der Waals surface area contributed by atoms with E-state index in [1.165, 1.54) is 12.8 Å². The van der Waals surface area contributed by atoms with Crippen LogP contribution in [0.3, 0.4) is 0 Å². The molecule has 0 aromatic carbocycles. The van der Waals surface area contributed by atoms with Gasteiger partial charge in [-0.25, -0.2) is 8.42 Å². The van der Waals surface area contributed by atoms with Gasteiger partial charge in [-0.2, -0.15) is 0 Å². The van der Waals surface area contributed by atoms with E-state index in [-0.39, 0.29) is 5.41 Å². The molecule has 2 fully saturated rings. The second kappa shape index (κ2) is 4.86. The van der Waals surface area contributed by atoms with E-state index in [1.807, 2.05) is 0 Å². The Hall–Kier alpha value is -0.130. The summed E-state index contributed by atoms with van der Waals surface area (Å²) < 4.78 is 22.7. The molecule has 0 spiro atoms. The summed E-state index contributed by atoms with van der Waals surface area (Å²) in [7, 11) is -2.74. The first-order valence-corrected chi connectivity index (χ1v) is 8.35. The monoisotopic (exact) mass is 260 g/mol. The molecule has 1 saturated heterocycles. The van der Waals surface area contributed by atoms with Gasteiger partial charge in [0.05, 0.1) is 11.5 Å². The molecule has 100 valence electrons. The van der Waals surface area contributed by atoms with Crippen LogP contribution in [0.4, 0.5) is 0 Å². The summed E-state index contributed by atoms with van der Waals surface area (Å²) >= 11 is 0. The van der Waals surface area contributed by atoms with Gasteiger partial charge in [-0.05, 0) is 18.3 Å². The minimum atomic E-state index is -2.74. The summed E-state index contributed by atoms with van der Waals surface area (Å²) in [6.07, 6.45) is 2.63. The van der Waals surface area contributed by atoms with Crippen molar-refractivity contribution in [1.82, 2.24) is 10.2 Å². The van der Waals surface area contributed by atoms with Gasteiger partial charge in [-0.1, -0.05) is 13.8 Å². The van der Waals surface area contributed by atoms with Crippen LogP contribution in [0.5, 0.6) is 0 Å². The summed E-state index contributed by atoms with van der Waals surface area (Å²) in [5, 5.41) is 3.56. The highest BCUT2D eigenvalue weighted by atomic mass is 32.2. The summed E-state index contributed by atoms with van der Waals surface area (Å²) in [5.74, 6) is 0.665. The molecule has 2 aliphatic rings. The van der Waals surface area contributed by atoms with Gasteiger partial charge in [0.2, 0.25) is 0 Å². The number of nitrogens with one attached hydrogen (secondary N) is 1. The Balaban J connectivity index is 1.75. The Morgan fingerprint density at radius 2 is 1.82 bits per heavy atom. The first kappa shape index (κ1) is 13.3. The van der Waals surface area contributed by atoms with E-state index in [1.54, 1.807) is 0 Å². The van der Waals surface area contributed by atoms with Crippen LogP contribution in [0, 0.1) is 5.41 Å². The second-order valence-electron chi connectivity index (χ2n) is 6.25. The fourth-order valence-corrected chi connectivity index (χ4v) is 3.55. The van der Waals surface area contributed by atoms with Crippen LogP contribution in [-0.4, -0.2) is 57.0 Å². The van der Waals surface area contributed by atoms with Crippen LogP contribution in [0.25, 0.3) is 0 Å². The summed E-state index contributed by atoms with van der Waals surface area (Å²) in [5.41, 5.74) is 0.226. The van der Waals surface area contributed by atoms with Gasteiger partial charge < -0.3 is 10.2 Å². The predicted octanol–water partition coefficient (Wildman–Crippen LogP) is 0.495. The fraction of sp³-hybridized carbons (Fsp3) is 1.00. The lowest BCUT2D eigenvalue weighted by molar-refractivity contribution is 0.184. The molecule has 2 rings (SSSR count). The molecule has 5 heteroatoms. The quantitative estimate of drug-likeness (QED) is 0.782. The van der Waals surface area contributed by atoms with Gasteiger partial charge in [0, 0.05) is 32.2 Å². The van der Waals surface area contributed by atoms with E-state index in [9.17, 15) is 8.42 Å². The van der Waals surface area contributed by atoms with Gasteiger partial charge >= 0.3 is 0 Å². The Kier molecular flexibility index (Phi) is 3.80. The summed E-state index contributed by atoms with van der Waals surface area (Å²) in [6.45, 7) is 7.94. The lowest BCUT2D eigenvalue weighted by Crippen LogP contribution is -2.47. The van der Waals surface area contributed by atoms with E-state index in [0.29, 0.717) is 24.6 Å². The Morgan fingerprint density at radius 1 is 1.24 bits per heavy atom. The average Bonchev–Trinajstić information content (AvgIpc) is 3.02. The highest BCUT2D eigenvalue weighted by Crippen LogP contribution is 2.23. The Bertz CT molecular complexity index is 347. The molecular weight excluding hydrogens is 236 g/mol. The van der Waals surface area contributed by atoms with Crippen LogP contribution in [0.2, 0.25) is 0 Å². The Labute approximate surface area is 105 Å². The van der Waals surface area contributed by atoms with Crippen LogP contribution in [0.1, 0.15) is 26.7 Å². The zero-order chi connectivity index (χ0) is 12.5. The normalized spacial score (nSPS) is 26.0. The number of hydrogen-bond donors (Lipinski definition) is 1. The standard InChI is InChI=1S/C12H24N2O2S/c1-12(2,9-13-11-3-4-11)10-14-5-7-17(15,16)8-6-14/h11,13H,3-10H2,1-2H3. The third-order valence-electron chi connectivity index (χ3n) is 3.54. The molecule has 0 unspecified atom stereocenters. The van der Waals surface area contributed by atoms with E-state index in [0.717, 1.165) is 19.1 Å². The van der Waals surface area contributed by atoms with Crippen molar-refractivity contribution >= 4 is 9.84 Å². The molecule has 4 nitrogen and oxygen atoms in total. The van der Waals surface area contributed by atoms with Crippen LogP contribution >= 0.6 is 0 Å². The number of nitrogens with zero attached hydrogens (tertiary/aromatic N) is 1. The molecule has 0 amide bonds.